The van der Waals surface area contributed by atoms with E-state index in [0.717, 1.165) is 32.7 Å². The van der Waals surface area contributed by atoms with Crippen LogP contribution in [0.15, 0.2) is 4.52 Å². The van der Waals surface area contributed by atoms with E-state index in [2.05, 4.69) is 33.8 Å². The van der Waals surface area contributed by atoms with Crippen LogP contribution >= 0.6 is 0 Å². The second kappa shape index (κ2) is 6.20. The normalized spacial score (nSPS) is 21.0. The zero-order chi connectivity index (χ0) is 14.8. The van der Waals surface area contributed by atoms with Gasteiger partial charge in [0, 0.05) is 19.1 Å². The number of hydrogen-bond donors (Lipinski definition) is 1. The van der Waals surface area contributed by atoms with Crippen molar-refractivity contribution in [2.75, 3.05) is 26.2 Å². The average Bonchev–Trinajstić information content (AvgIpc) is 3.00. The Morgan fingerprint density at radius 1 is 1.40 bits per heavy atom. The molecule has 6 heteroatoms. The Labute approximate surface area is 121 Å². The summed E-state index contributed by atoms with van der Waals surface area (Å²) in [6.07, 6.45) is 1.21. The lowest BCUT2D eigenvalue weighted by molar-refractivity contribution is 0.200. The molecular weight excluding hydrogens is 254 g/mol. The van der Waals surface area contributed by atoms with Crippen molar-refractivity contribution in [3.63, 3.8) is 0 Å². The third-order valence-corrected chi connectivity index (χ3v) is 3.98. The summed E-state index contributed by atoms with van der Waals surface area (Å²) in [4.78, 5) is 9.29. The van der Waals surface area contributed by atoms with Gasteiger partial charge in [-0.1, -0.05) is 19.0 Å². The molecule has 0 spiro atoms. The van der Waals surface area contributed by atoms with Gasteiger partial charge in [-0.05, 0) is 33.4 Å². The molecule has 114 valence electrons. The SMILES string of the molecule is CCN(CC)C1CCN(Cc2nc(C(C)(C)N)no2)C1. The van der Waals surface area contributed by atoms with Crippen molar-refractivity contribution in [1.29, 1.82) is 0 Å². The molecule has 1 saturated heterocycles. The number of likely N-dealkylation sites (tertiary alicyclic amines) is 1. The van der Waals surface area contributed by atoms with E-state index in [4.69, 9.17) is 10.3 Å². The van der Waals surface area contributed by atoms with Crippen LogP contribution in [0, 0.1) is 0 Å². The first kappa shape index (κ1) is 15.4. The van der Waals surface area contributed by atoms with Gasteiger partial charge in [0.1, 0.15) is 0 Å². The van der Waals surface area contributed by atoms with E-state index < -0.39 is 5.54 Å². The number of likely N-dealkylation sites (N-methyl/N-ethyl adjacent to an activating group) is 1. The maximum atomic E-state index is 5.97. The van der Waals surface area contributed by atoms with Crippen molar-refractivity contribution in [1.82, 2.24) is 19.9 Å². The van der Waals surface area contributed by atoms with E-state index in [1.165, 1.54) is 6.42 Å². The van der Waals surface area contributed by atoms with Crippen molar-refractivity contribution in [3.05, 3.63) is 11.7 Å². The lowest BCUT2D eigenvalue weighted by Crippen LogP contribution is -2.37. The first-order valence-electron chi connectivity index (χ1n) is 7.52. The van der Waals surface area contributed by atoms with Gasteiger partial charge in [-0.3, -0.25) is 9.80 Å². The quantitative estimate of drug-likeness (QED) is 0.844. The Bertz CT molecular complexity index is 421. The number of rotatable bonds is 6. The summed E-state index contributed by atoms with van der Waals surface area (Å²) < 4.78 is 5.31. The van der Waals surface area contributed by atoms with Gasteiger partial charge in [-0.25, -0.2) is 0 Å². The predicted octanol–water partition coefficient (Wildman–Crippen LogP) is 1.18. The van der Waals surface area contributed by atoms with Gasteiger partial charge in [0.15, 0.2) is 5.82 Å². The van der Waals surface area contributed by atoms with Crippen LogP contribution in [0.25, 0.3) is 0 Å². The number of aromatic nitrogens is 2. The Hall–Kier alpha value is -0.980. The van der Waals surface area contributed by atoms with Crippen molar-refractivity contribution < 1.29 is 4.52 Å². The molecule has 1 aliphatic heterocycles. The fourth-order valence-electron chi connectivity index (χ4n) is 2.77. The maximum absolute atomic E-state index is 5.97. The molecule has 0 radical (unpaired) electrons. The molecule has 1 unspecified atom stereocenters. The van der Waals surface area contributed by atoms with Crippen LogP contribution in [0.3, 0.4) is 0 Å². The number of nitrogens with two attached hydrogens (primary N) is 1. The molecule has 20 heavy (non-hydrogen) atoms. The third kappa shape index (κ3) is 3.56. The van der Waals surface area contributed by atoms with E-state index in [0.29, 0.717) is 17.8 Å². The molecule has 1 aliphatic rings. The van der Waals surface area contributed by atoms with Crippen LogP contribution in [-0.2, 0) is 12.1 Å². The predicted molar refractivity (Wildman–Crippen MR) is 78.1 cm³/mol. The van der Waals surface area contributed by atoms with Crippen molar-refractivity contribution in [3.8, 4) is 0 Å². The van der Waals surface area contributed by atoms with Crippen molar-refractivity contribution >= 4 is 0 Å². The van der Waals surface area contributed by atoms with Gasteiger partial charge in [0.05, 0.1) is 12.1 Å². The third-order valence-electron chi connectivity index (χ3n) is 3.98. The van der Waals surface area contributed by atoms with Gasteiger partial charge < -0.3 is 10.3 Å². The van der Waals surface area contributed by atoms with E-state index in [1.807, 2.05) is 13.8 Å². The van der Waals surface area contributed by atoms with Crippen LogP contribution in [0.5, 0.6) is 0 Å². The summed E-state index contributed by atoms with van der Waals surface area (Å²) in [5.74, 6) is 1.24. The number of hydrogen-bond acceptors (Lipinski definition) is 6. The molecule has 0 aromatic carbocycles. The van der Waals surface area contributed by atoms with E-state index >= 15 is 0 Å². The lowest BCUT2D eigenvalue weighted by atomic mass is 10.1. The molecule has 0 aliphatic carbocycles. The van der Waals surface area contributed by atoms with Crippen molar-refractivity contribution in [2.24, 2.45) is 5.73 Å². The van der Waals surface area contributed by atoms with Gasteiger partial charge in [-0.2, -0.15) is 4.98 Å². The summed E-state index contributed by atoms with van der Waals surface area (Å²) in [5, 5.41) is 3.97. The highest BCUT2D eigenvalue weighted by Crippen LogP contribution is 2.18. The van der Waals surface area contributed by atoms with Crippen LogP contribution < -0.4 is 5.73 Å². The highest BCUT2D eigenvalue weighted by Gasteiger charge is 2.28. The molecule has 0 bridgehead atoms. The Morgan fingerprint density at radius 2 is 2.10 bits per heavy atom. The molecule has 1 atom stereocenters. The molecule has 2 N–H and O–H groups in total. The molecular formula is C14H27N5O. The lowest BCUT2D eigenvalue weighted by Gasteiger charge is -2.25. The summed E-state index contributed by atoms with van der Waals surface area (Å²) >= 11 is 0. The number of nitrogens with zero attached hydrogens (tertiary/aromatic N) is 4. The highest BCUT2D eigenvalue weighted by atomic mass is 16.5. The van der Waals surface area contributed by atoms with Gasteiger partial charge in [0.25, 0.3) is 0 Å². The molecule has 1 aromatic heterocycles. The average molecular weight is 281 g/mol. The second-order valence-electron chi connectivity index (χ2n) is 6.13. The zero-order valence-corrected chi connectivity index (χ0v) is 13.1. The van der Waals surface area contributed by atoms with E-state index in [9.17, 15) is 0 Å². The Balaban J connectivity index is 1.91. The zero-order valence-electron chi connectivity index (χ0n) is 13.1. The molecule has 2 rings (SSSR count). The Kier molecular flexibility index (Phi) is 4.78. The molecule has 2 heterocycles. The molecule has 0 amide bonds. The van der Waals surface area contributed by atoms with E-state index in [1.54, 1.807) is 0 Å². The van der Waals surface area contributed by atoms with E-state index in [-0.39, 0.29) is 0 Å². The summed E-state index contributed by atoms with van der Waals surface area (Å²) in [5.41, 5.74) is 5.43. The minimum absolute atomic E-state index is 0.545. The van der Waals surface area contributed by atoms with Gasteiger partial charge in [0.2, 0.25) is 5.89 Å². The topological polar surface area (TPSA) is 71.4 Å². The van der Waals surface area contributed by atoms with Crippen LogP contribution in [0.1, 0.15) is 45.8 Å². The Morgan fingerprint density at radius 3 is 2.65 bits per heavy atom. The van der Waals surface area contributed by atoms with Crippen LogP contribution in [-0.4, -0.2) is 52.2 Å². The molecule has 0 saturated carbocycles. The summed E-state index contributed by atoms with van der Waals surface area (Å²) in [7, 11) is 0. The van der Waals surface area contributed by atoms with Crippen molar-refractivity contribution in [2.45, 2.75) is 52.2 Å². The van der Waals surface area contributed by atoms with Gasteiger partial charge in [-0.15, -0.1) is 0 Å². The molecule has 1 fully saturated rings. The first-order valence-corrected chi connectivity index (χ1v) is 7.52. The minimum Gasteiger partial charge on any atom is -0.338 e. The summed E-state index contributed by atoms with van der Waals surface area (Å²) in [6, 6.07) is 0.651. The largest absolute Gasteiger partial charge is 0.338 e. The monoisotopic (exact) mass is 281 g/mol. The smallest absolute Gasteiger partial charge is 0.240 e. The maximum Gasteiger partial charge on any atom is 0.240 e. The van der Waals surface area contributed by atoms with Gasteiger partial charge >= 0.3 is 0 Å². The van der Waals surface area contributed by atoms with Crippen LogP contribution in [0.4, 0.5) is 0 Å². The first-order chi connectivity index (χ1) is 9.44. The molecule has 6 nitrogen and oxygen atoms in total. The highest BCUT2D eigenvalue weighted by molar-refractivity contribution is 4.99. The van der Waals surface area contributed by atoms with Crippen LogP contribution in [0.2, 0.25) is 0 Å². The standard InChI is InChI=1S/C14H27N5O/c1-5-19(6-2)11-7-8-18(9-11)10-12-16-13(17-20-12)14(3,4)15/h11H,5-10,15H2,1-4H3. The fraction of sp³-hybridized carbons (Fsp3) is 0.857. The fourth-order valence-corrected chi connectivity index (χ4v) is 2.77. The summed E-state index contributed by atoms with van der Waals surface area (Å²) in [6.45, 7) is 13.3. The second-order valence-corrected chi connectivity index (χ2v) is 6.13. The minimum atomic E-state index is -0.545. The molecule has 1 aromatic rings.